The Balaban J connectivity index is 2.52. The Labute approximate surface area is 198 Å². The van der Waals surface area contributed by atoms with Gasteiger partial charge >= 0.3 is 6.18 Å². The van der Waals surface area contributed by atoms with Gasteiger partial charge in [0.15, 0.2) is 5.75 Å². The van der Waals surface area contributed by atoms with E-state index < -0.39 is 11.2 Å². The maximum Gasteiger partial charge on any atom is 0.426 e. The molecule has 0 fully saturated rings. The van der Waals surface area contributed by atoms with Gasteiger partial charge < -0.3 is 14.2 Å². The van der Waals surface area contributed by atoms with E-state index in [0.29, 0.717) is 24.3 Å². The quantitative estimate of drug-likeness (QED) is 0.288. The molecule has 2 atom stereocenters. The van der Waals surface area contributed by atoms with Crippen LogP contribution in [0.1, 0.15) is 26.7 Å². The molecule has 170 valence electrons. The van der Waals surface area contributed by atoms with E-state index in [9.17, 15) is 13.2 Å². The van der Waals surface area contributed by atoms with Crippen molar-refractivity contribution in [1.82, 2.24) is 0 Å². The van der Waals surface area contributed by atoms with Crippen molar-refractivity contribution < 1.29 is 27.4 Å². The summed E-state index contributed by atoms with van der Waals surface area (Å²) in [5, 5.41) is -0.673. The molecule has 0 spiro atoms. The summed E-state index contributed by atoms with van der Waals surface area (Å²) < 4.78 is 53.5. The van der Waals surface area contributed by atoms with Crippen LogP contribution in [0.2, 0.25) is 10.0 Å². The highest BCUT2D eigenvalue weighted by atomic mass is 35.5. The molecule has 1 aromatic rings. The molecule has 1 aromatic carbocycles. The molecular weight excluding hydrogens is 510 g/mol. The van der Waals surface area contributed by atoms with Crippen LogP contribution in [-0.4, -0.2) is 31.6 Å². The zero-order valence-corrected chi connectivity index (χ0v) is 19.8. The summed E-state index contributed by atoms with van der Waals surface area (Å²) in [6.45, 7) is 3.47. The van der Waals surface area contributed by atoms with Crippen molar-refractivity contribution in [3.8, 4) is 11.5 Å². The second-order valence-electron chi connectivity index (χ2n) is 6.22. The topological polar surface area (TPSA) is 27.7 Å². The van der Waals surface area contributed by atoms with Gasteiger partial charge in [-0.25, -0.2) is 0 Å². The summed E-state index contributed by atoms with van der Waals surface area (Å²) in [4.78, 5) is 0. The van der Waals surface area contributed by atoms with Gasteiger partial charge in [0, 0.05) is 12.1 Å². The zero-order chi connectivity index (χ0) is 22.9. The first kappa shape index (κ1) is 27.5. The third kappa shape index (κ3) is 10.7. The Morgan fingerprint density at radius 3 is 2.07 bits per heavy atom. The predicted molar refractivity (Wildman–Crippen MR) is 116 cm³/mol. The summed E-state index contributed by atoms with van der Waals surface area (Å²) in [5.41, 5.74) is 0. The van der Waals surface area contributed by atoms with Crippen molar-refractivity contribution in [2.24, 2.45) is 0 Å². The van der Waals surface area contributed by atoms with Gasteiger partial charge in [0.25, 0.3) is 0 Å². The predicted octanol–water partition coefficient (Wildman–Crippen LogP) is 8.33. The second kappa shape index (κ2) is 13.1. The molecule has 0 N–H and O–H groups in total. The fourth-order valence-corrected chi connectivity index (χ4v) is 2.89. The van der Waals surface area contributed by atoms with Gasteiger partial charge in [0.1, 0.15) is 21.9 Å². The van der Waals surface area contributed by atoms with Crippen LogP contribution in [0.3, 0.4) is 0 Å². The smallest absolute Gasteiger partial charge is 0.426 e. The summed E-state index contributed by atoms with van der Waals surface area (Å²) in [5.74, 6) is 0.723. The average molecular weight is 531 g/mol. The molecule has 0 saturated carbocycles. The Morgan fingerprint density at radius 2 is 1.53 bits per heavy atom. The highest BCUT2D eigenvalue weighted by Gasteiger charge is 2.31. The number of alkyl halides is 3. The van der Waals surface area contributed by atoms with Gasteiger partial charge in [-0.05, 0) is 38.8 Å². The molecule has 0 amide bonds. The third-order valence-electron chi connectivity index (χ3n) is 3.67. The van der Waals surface area contributed by atoms with Crippen molar-refractivity contribution in [3.63, 3.8) is 0 Å². The Hall–Kier alpha value is -0.500. The molecular formula is C19H20Cl5F3O3. The number of rotatable bonds is 11. The lowest BCUT2D eigenvalue weighted by atomic mass is 10.1. The normalized spacial score (nSPS) is 14.3. The molecule has 30 heavy (non-hydrogen) atoms. The van der Waals surface area contributed by atoms with Gasteiger partial charge in [-0.2, -0.15) is 13.2 Å². The van der Waals surface area contributed by atoms with Crippen LogP contribution in [0, 0.1) is 0 Å². The van der Waals surface area contributed by atoms with Crippen LogP contribution in [0.5, 0.6) is 11.5 Å². The molecule has 2 unspecified atom stereocenters. The molecule has 0 heterocycles. The van der Waals surface area contributed by atoms with E-state index in [1.165, 1.54) is 6.08 Å². The number of allylic oxidation sites excluding steroid dienone is 1. The molecule has 11 heteroatoms. The SMILES string of the molecule is CC(CCC(C)Oc1c(Cl)cc(OCC=C(Cl)Cl)cc1Cl)OC/C=C(\Cl)C(F)(F)F. The number of halogens is 8. The summed E-state index contributed by atoms with van der Waals surface area (Å²) in [7, 11) is 0. The fraction of sp³-hybridized carbons (Fsp3) is 0.474. The van der Waals surface area contributed by atoms with Crippen LogP contribution in [0.25, 0.3) is 0 Å². The van der Waals surface area contributed by atoms with E-state index in [-0.39, 0.29) is 40.0 Å². The van der Waals surface area contributed by atoms with Crippen LogP contribution < -0.4 is 9.47 Å². The molecule has 0 aliphatic rings. The van der Waals surface area contributed by atoms with E-state index in [1.807, 2.05) is 6.92 Å². The zero-order valence-electron chi connectivity index (χ0n) is 16.0. The van der Waals surface area contributed by atoms with E-state index in [0.717, 1.165) is 6.08 Å². The van der Waals surface area contributed by atoms with Crippen molar-refractivity contribution in [2.75, 3.05) is 13.2 Å². The van der Waals surface area contributed by atoms with Crippen molar-refractivity contribution >= 4 is 58.0 Å². The van der Waals surface area contributed by atoms with E-state index >= 15 is 0 Å². The highest BCUT2D eigenvalue weighted by Crippen LogP contribution is 2.38. The molecule has 3 nitrogen and oxygen atoms in total. The maximum atomic E-state index is 12.3. The standard InChI is InChI=1S/C19H20Cl5F3O3/c1-11(28-7-5-16(22)19(25,26)27)3-4-12(2)30-18-14(20)9-13(10-15(18)21)29-8-6-17(23)24/h5-6,9-12H,3-4,7-8H2,1-2H3/b16-5-. The molecule has 0 aliphatic carbocycles. The van der Waals surface area contributed by atoms with Crippen LogP contribution >= 0.6 is 58.0 Å². The summed E-state index contributed by atoms with van der Waals surface area (Å²) in [6, 6.07) is 3.10. The van der Waals surface area contributed by atoms with Crippen LogP contribution in [0.4, 0.5) is 13.2 Å². The van der Waals surface area contributed by atoms with E-state index in [2.05, 4.69) is 0 Å². The van der Waals surface area contributed by atoms with Crippen molar-refractivity contribution in [2.45, 2.75) is 45.1 Å². The van der Waals surface area contributed by atoms with Gasteiger partial charge in [0.05, 0.1) is 28.9 Å². The lowest BCUT2D eigenvalue weighted by Gasteiger charge is -2.19. The Bertz CT molecular complexity index is 726. The molecule has 0 saturated heterocycles. The first-order chi connectivity index (χ1) is 13.9. The average Bonchev–Trinajstić information content (AvgIpc) is 2.62. The molecule has 0 aliphatic heterocycles. The summed E-state index contributed by atoms with van der Waals surface area (Å²) >= 11 is 28.6. The lowest BCUT2D eigenvalue weighted by Crippen LogP contribution is -2.17. The summed E-state index contributed by atoms with van der Waals surface area (Å²) in [6.07, 6.45) is -1.78. The molecule has 0 aromatic heterocycles. The van der Waals surface area contributed by atoms with E-state index in [1.54, 1.807) is 19.1 Å². The minimum atomic E-state index is -4.57. The number of ether oxygens (including phenoxy) is 3. The van der Waals surface area contributed by atoms with E-state index in [4.69, 9.17) is 72.2 Å². The minimum Gasteiger partial charge on any atom is -0.489 e. The largest absolute Gasteiger partial charge is 0.489 e. The number of hydrogen-bond donors (Lipinski definition) is 0. The highest BCUT2D eigenvalue weighted by molar-refractivity contribution is 6.55. The fourth-order valence-electron chi connectivity index (χ4n) is 2.15. The Morgan fingerprint density at radius 1 is 0.967 bits per heavy atom. The molecule has 0 bridgehead atoms. The lowest BCUT2D eigenvalue weighted by molar-refractivity contribution is -0.0852. The molecule has 0 radical (unpaired) electrons. The maximum absolute atomic E-state index is 12.3. The van der Waals surface area contributed by atoms with Gasteiger partial charge in [-0.3, -0.25) is 0 Å². The molecule has 1 rings (SSSR count). The first-order valence-corrected chi connectivity index (χ1v) is 10.6. The Kier molecular flexibility index (Phi) is 12.1. The monoisotopic (exact) mass is 528 g/mol. The minimum absolute atomic E-state index is 0.0821. The van der Waals surface area contributed by atoms with Crippen molar-refractivity contribution in [1.29, 1.82) is 0 Å². The first-order valence-electron chi connectivity index (χ1n) is 8.74. The van der Waals surface area contributed by atoms with Gasteiger partial charge in [0.2, 0.25) is 0 Å². The van der Waals surface area contributed by atoms with Gasteiger partial charge in [-0.1, -0.05) is 58.0 Å². The third-order valence-corrected chi connectivity index (χ3v) is 4.91. The van der Waals surface area contributed by atoms with Gasteiger partial charge in [-0.15, -0.1) is 0 Å². The van der Waals surface area contributed by atoms with Crippen molar-refractivity contribution in [3.05, 3.63) is 43.9 Å². The van der Waals surface area contributed by atoms with Crippen LogP contribution in [-0.2, 0) is 4.74 Å². The second-order valence-corrected chi connectivity index (χ2v) is 8.45. The number of benzene rings is 1. The number of hydrogen-bond acceptors (Lipinski definition) is 3. The van der Waals surface area contributed by atoms with Crippen LogP contribution in [0.15, 0.2) is 33.8 Å².